The van der Waals surface area contributed by atoms with Gasteiger partial charge in [-0.05, 0) is 71.3 Å². The molecule has 4 aromatic carbocycles. The van der Waals surface area contributed by atoms with Gasteiger partial charge in [-0.25, -0.2) is 0 Å². The topological polar surface area (TPSA) is 58.2 Å². The number of rotatable bonds is 7. The van der Waals surface area contributed by atoms with Gasteiger partial charge in [-0.3, -0.25) is 9.59 Å². The molecule has 0 aromatic heterocycles. The minimum atomic E-state index is -0.190. The van der Waals surface area contributed by atoms with Crippen LogP contribution >= 0.6 is 0 Å². The first-order valence-corrected chi connectivity index (χ1v) is 12.2. The van der Waals surface area contributed by atoms with Gasteiger partial charge in [-0.1, -0.05) is 87.5 Å². The summed E-state index contributed by atoms with van der Waals surface area (Å²) in [6, 6.07) is 32.8. The Hall–Kier alpha value is -4.18. The first-order chi connectivity index (χ1) is 17.3. The minimum Gasteiger partial charge on any atom is -0.322 e. The van der Waals surface area contributed by atoms with Gasteiger partial charge in [0.25, 0.3) is 11.8 Å². The quantitative estimate of drug-likeness (QED) is 0.295. The fraction of sp³-hybridized carbons (Fsp3) is 0.188. The van der Waals surface area contributed by atoms with Crippen LogP contribution < -0.4 is 10.6 Å². The number of carbonyl (C=O) groups excluding carboxylic acids is 2. The predicted molar refractivity (Wildman–Crippen MR) is 148 cm³/mol. The molecule has 4 rings (SSSR count). The summed E-state index contributed by atoms with van der Waals surface area (Å²) in [5.74, 6) is -0.356. The van der Waals surface area contributed by atoms with Crippen molar-refractivity contribution in [1.82, 2.24) is 0 Å². The van der Waals surface area contributed by atoms with Gasteiger partial charge in [0, 0.05) is 22.5 Å². The molecule has 0 saturated heterocycles. The van der Waals surface area contributed by atoms with Crippen LogP contribution in [0.25, 0.3) is 0 Å². The first kappa shape index (κ1) is 24.9. The van der Waals surface area contributed by atoms with E-state index in [9.17, 15) is 9.59 Å². The maximum Gasteiger partial charge on any atom is 0.255 e. The molecule has 4 nitrogen and oxygen atoms in total. The van der Waals surface area contributed by atoms with Crippen LogP contribution in [0.5, 0.6) is 0 Å². The lowest BCUT2D eigenvalue weighted by atomic mass is 9.87. The van der Waals surface area contributed by atoms with Crippen LogP contribution in [0.2, 0.25) is 0 Å². The first-order valence-electron chi connectivity index (χ1n) is 12.2. The van der Waals surface area contributed by atoms with E-state index in [1.807, 2.05) is 84.9 Å². The van der Waals surface area contributed by atoms with Crippen LogP contribution in [0.1, 0.15) is 58.2 Å². The van der Waals surface area contributed by atoms with E-state index >= 15 is 0 Å². The van der Waals surface area contributed by atoms with Gasteiger partial charge in [0.1, 0.15) is 0 Å². The Balaban J connectivity index is 1.42. The molecule has 2 N–H and O–H groups in total. The van der Waals surface area contributed by atoms with E-state index in [0.29, 0.717) is 22.5 Å². The van der Waals surface area contributed by atoms with Crippen molar-refractivity contribution in [3.8, 4) is 0 Å². The van der Waals surface area contributed by atoms with Crippen LogP contribution in [0.3, 0.4) is 0 Å². The molecule has 0 unspecified atom stereocenters. The molecule has 0 fully saturated rings. The summed E-state index contributed by atoms with van der Waals surface area (Å²) < 4.78 is 0. The van der Waals surface area contributed by atoms with Crippen LogP contribution in [0, 0.1) is 0 Å². The van der Waals surface area contributed by atoms with Crippen molar-refractivity contribution in [3.63, 3.8) is 0 Å². The molecule has 0 atom stereocenters. The Morgan fingerprint density at radius 1 is 0.639 bits per heavy atom. The molecule has 0 aliphatic rings. The molecular formula is C32H32N2O2. The highest BCUT2D eigenvalue weighted by atomic mass is 16.2. The molecule has 4 heteroatoms. The van der Waals surface area contributed by atoms with Crippen molar-refractivity contribution in [2.75, 3.05) is 10.6 Å². The van der Waals surface area contributed by atoms with E-state index in [1.54, 1.807) is 6.07 Å². The van der Waals surface area contributed by atoms with Gasteiger partial charge in [0.15, 0.2) is 0 Å². The molecule has 182 valence electrons. The van der Waals surface area contributed by atoms with Crippen molar-refractivity contribution in [1.29, 1.82) is 0 Å². The third-order valence-corrected chi connectivity index (χ3v) is 6.18. The van der Waals surface area contributed by atoms with Crippen LogP contribution in [-0.4, -0.2) is 11.8 Å². The summed E-state index contributed by atoms with van der Waals surface area (Å²) in [5, 5.41) is 5.91. The number of hydrogen-bond donors (Lipinski definition) is 2. The Labute approximate surface area is 213 Å². The third kappa shape index (κ3) is 6.48. The lowest BCUT2D eigenvalue weighted by molar-refractivity contribution is 0.101. The average Bonchev–Trinajstić information content (AvgIpc) is 2.88. The summed E-state index contributed by atoms with van der Waals surface area (Å²) in [4.78, 5) is 25.9. The number of hydrogen-bond acceptors (Lipinski definition) is 2. The Bertz CT molecular complexity index is 1340. The minimum absolute atomic E-state index is 0.0295. The zero-order valence-corrected chi connectivity index (χ0v) is 21.0. The maximum absolute atomic E-state index is 13.1. The third-order valence-electron chi connectivity index (χ3n) is 6.18. The molecule has 0 aliphatic carbocycles. The van der Waals surface area contributed by atoms with Crippen LogP contribution in [-0.2, 0) is 18.3 Å². The number of benzene rings is 4. The molecule has 0 aliphatic heterocycles. The molecule has 0 bridgehead atoms. The van der Waals surface area contributed by atoms with E-state index in [-0.39, 0.29) is 17.2 Å². The van der Waals surface area contributed by atoms with Crippen molar-refractivity contribution < 1.29 is 9.59 Å². The Morgan fingerprint density at radius 2 is 1.25 bits per heavy atom. The lowest BCUT2D eigenvalue weighted by Gasteiger charge is -2.19. The summed E-state index contributed by atoms with van der Waals surface area (Å²) >= 11 is 0. The highest BCUT2D eigenvalue weighted by molar-refractivity contribution is 6.07. The van der Waals surface area contributed by atoms with Gasteiger partial charge < -0.3 is 10.6 Å². The van der Waals surface area contributed by atoms with E-state index in [4.69, 9.17) is 0 Å². The van der Waals surface area contributed by atoms with Crippen molar-refractivity contribution >= 4 is 23.2 Å². The fourth-order valence-corrected chi connectivity index (χ4v) is 4.08. The van der Waals surface area contributed by atoms with Crippen molar-refractivity contribution in [2.45, 2.75) is 39.0 Å². The second-order valence-electron chi connectivity index (χ2n) is 9.96. The van der Waals surface area contributed by atoms with Crippen molar-refractivity contribution in [3.05, 3.63) is 131 Å². The van der Waals surface area contributed by atoms with Gasteiger partial charge in [-0.15, -0.1) is 0 Å². The van der Waals surface area contributed by atoms with Gasteiger partial charge >= 0.3 is 0 Å². The van der Waals surface area contributed by atoms with Gasteiger partial charge in [-0.2, -0.15) is 0 Å². The maximum atomic E-state index is 13.1. The smallest absolute Gasteiger partial charge is 0.255 e. The normalized spacial score (nSPS) is 11.1. The number of anilines is 2. The van der Waals surface area contributed by atoms with E-state index in [2.05, 4.69) is 43.5 Å². The summed E-state index contributed by atoms with van der Waals surface area (Å²) in [5.41, 5.74) is 5.93. The predicted octanol–water partition coefficient (Wildman–Crippen LogP) is 7.27. The molecular weight excluding hydrogens is 444 g/mol. The van der Waals surface area contributed by atoms with Crippen molar-refractivity contribution in [2.24, 2.45) is 0 Å². The van der Waals surface area contributed by atoms with E-state index < -0.39 is 0 Å². The largest absolute Gasteiger partial charge is 0.322 e. The van der Waals surface area contributed by atoms with Gasteiger partial charge in [0.05, 0.1) is 0 Å². The molecule has 0 radical (unpaired) electrons. The SMILES string of the molecule is CC(C)(C)c1ccc(C(=O)Nc2cccc(NC(=O)c3ccccc3CCc3ccccc3)c2)cc1. The number of aryl methyl sites for hydroxylation is 2. The monoisotopic (exact) mass is 476 g/mol. The second-order valence-corrected chi connectivity index (χ2v) is 9.96. The highest BCUT2D eigenvalue weighted by Gasteiger charge is 2.15. The van der Waals surface area contributed by atoms with E-state index in [0.717, 1.165) is 18.4 Å². The van der Waals surface area contributed by atoms with Crippen LogP contribution in [0.4, 0.5) is 11.4 Å². The summed E-state index contributed by atoms with van der Waals surface area (Å²) in [7, 11) is 0. The summed E-state index contributed by atoms with van der Waals surface area (Å²) in [6.07, 6.45) is 1.64. The molecule has 2 amide bonds. The Morgan fingerprint density at radius 3 is 1.92 bits per heavy atom. The summed E-state index contributed by atoms with van der Waals surface area (Å²) in [6.45, 7) is 6.43. The molecule has 0 saturated carbocycles. The molecule has 4 aromatic rings. The number of amides is 2. The number of carbonyl (C=O) groups is 2. The van der Waals surface area contributed by atoms with E-state index in [1.165, 1.54) is 11.1 Å². The van der Waals surface area contributed by atoms with Gasteiger partial charge in [0.2, 0.25) is 0 Å². The standard InChI is InChI=1S/C32H32N2O2/c1-32(2,3)26-20-18-25(19-21-26)30(35)33-27-13-9-14-28(22-27)34-31(36)29-15-8-7-12-24(29)17-16-23-10-5-4-6-11-23/h4-15,18-22H,16-17H2,1-3H3,(H,33,35)(H,34,36). The molecule has 36 heavy (non-hydrogen) atoms. The number of nitrogens with one attached hydrogen (secondary N) is 2. The van der Waals surface area contributed by atoms with Crippen LogP contribution in [0.15, 0.2) is 103 Å². The zero-order valence-electron chi connectivity index (χ0n) is 21.0. The average molecular weight is 477 g/mol. The fourth-order valence-electron chi connectivity index (χ4n) is 4.08. The second kappa shape index (κ2) is 11.0. The lowest BCUT2D eigenvalue weighted by Crippen LogP contribution is -2.16. The molecule has 0 heterocycles. The zero-order chi connectivity index (χ0) is 25.5. The molecule has 0 spiro atoms. The Kier molecular flexibility index (Phi) is 7.65. The highest BCUT2D eigenvalue weighted by Crippen LogP contribution is 2.23.